The highest BCUT2D eigenvalue weighted by atomic mass is 35.5. The van der Waals surface area contributed by atoms with Gasteiger partial charge in [0.15, 0.2) is 0 Å². The fourth-order valence-corrected chi connectivity index (χ4v) is 2.80. The molecule has 4 nitrogen and oxygen atoms in total. The quantitative estimate of drug-likeness (QED) is 0.849. The minimum absolute atomic E-state index is 0.00367. The highest BCUT2D eigenvalue weighted by Gasteiger charge is 2.21. The van der Waals surface area contributed by atoms with E-state index in [2.05, 4.69) is 29.4 Å². The highest BCUT2D eigenvalue weighted by molar-refractivity contribution is 6.30. The van der Waals surface area contributed by atoms with Gasteiger partial charge in [-0.1, -0.05) is 17.7 Å². The van der Waals surface area contributed by atoms with Gasteiger partial charge in [0.25, 0.3) is 0 Å². The smallest absolute Gasteiger partial charge is 0.238 e. The van der Waals surface area contributed by atoms with Crippen LogP contribution in [-0.2, 0) is 4.79 Å². The van der Waals surface area contributed by atoms with Crippen molar-refractivity contribution in [3.63, 3.8) is 0 Å². The van der Waals surface area contributed by atoms with Crippen LogP contribution in [0.5, 0.6) is 0 Å². The van der Waals surface area contributed by atoms with Crippen molar-refractivity contribution in [1.82, 2.24) is 10.2 Å². The van der Waals surface area contributed by atoms with Gasteiger partial charge in [-0.3, -0.25) is 9.69 Å². The maximum Gasteiger partial charge on any atom is 0.238 e. The first-order valence-electron chi connectivity index (χ1n) is 7.57. The predicted octanol–water partition coefficient (Wildman–Crippen LogP) is 2.74. The molecule has 1 amide bonds. The second kappa shape index (κ2) is 7.78. The van der Waals surface area contributed by atoms with E-state index in [9.17, 15) is 4.79 Å². The van der Waals surface area contributed by atoms with Crippen molar-refractivity contribution in [2.45, 2.75) is 38.8 Å². The number of anilines is 1. The average Bonchev–Trinajstić information content (AvgIpc) is 2.90. The van der Waals surface area contributed by atoms with Crippen LogP contribution in [0.1, 0.15) is 26.7 Å². The lowest BCUT2D eigenvalue weighted by atomic mass is 10.2. The van der Waals surface area contributed by atoms with Gasteiger partial charge in [-0.2, -0.15) is 0 Å². The van der Waals surface area contributed by atoms with Crippen molar-refractivity contribution < 1.29 is 4.79 Å². The van der Waals surface area contributed by atoms with E-state index >= 15 is 0 Å². The molecule has 116 valence electrons. The number of hydrogen-bond donors (Lipinski definition) is 2. The van der Waals surface area contributed by atoms with Crippen LogP contribution in [0.25, 0.3) is 0 Å². The number of benzene rings is 1. The van der Waals surface area contributed by atoms with Crippen molar-refractivity contribution >= 4 is 23.2 Å². The number of carbonyl (C=O) groups is 1. The standard InChI is InChI=1S/C16H24ClN3O/c1-12(2)20(10-15-7-4-8-18-15)11-16(21)19-14-6-3-5-13(17)9-14/h3,5-6,9,12,15,18H,4,7-8,10-11H2,1-2H3,(H,19,21). The molecule has 1 unspecified atom stereocenters. The summed E-state index contributed by atoms with van der Waals surface area (Å²) in [4.78, 5) is 14.4. The molecule has 0 aromatic heterocycles. The number of halogens is 1. The Hall–Kier alpha value is -1.10. The van der Waals surface area contributed by atoms with Crippen LogP contribution in [0.4, 0.5) is 5.69 Å². The number of nitrogens with one attached hydrogen (secondary N) is 2. The number of amides is 1. The molecular formula is C16H24ClN3O. The third-order valence-corrected chi connectivity index (χ3v) is 4.04. The first kappa shape index (κ1) is 16.3. The molecule has 0 bridgehead atoms. The Labute approximate surface area is 131 Å². The van der Waals surface area contributed by atoms with E-state index < -0.39 is 0 Å². The zero-order valence-corrected chi connectivity index (χ0v) is 13.5. The SMILES string of the molecule is CC(C)N(CC(=O)Nc1cccc(Cl)c1)CC1CCCN1. The number of carbonyl (C=O) groups excluding carboxylic acids is 1. The summed E-state index contributed by atoms with van der Waals surface area (Å²) in [7, 11) is 0. The molecule has 0 spiro atoms. The summed E-state index contributed by atoms with van der Waals surface area (Å²) in [6, 6.07) is 8.09. The molecule has 0 radical (unpaired) electrons. The zero-order chi connectivity index (χ0) is 15.2. The largest absolute Gasteiger partial charge is 0.325 e. The lowest BCUT2D eigenvalue weighted by molar-refractivity contribution is -0.117. The maximum absolute atomic E-state index is 12.2. The second-order valence-corrected chi connectivity index (χ2v) is 6.31. The molecule has 2 N–H and O–H groups in total. The van der Waals surface area contributed by atoms with E-state index in [-0.39, 0.29) is 5.91 Å². The van der Waals surface area contributed by atoms with Gasteiger partial charge in [-0.25, -0.2) is 0 Å². The summed E-state index contributed by atoms with van der Waals surface area (Å²) < 4.78 is 0. The van der Waals surface area contributed by atoms with Gasteiger partial charge in [-0.05, 0) is 51.4 Å². The van der Waals surface area contributed by atoms with Crippen molar-refractivity contribution in [3.05, 3.63) is 29.3 Å². The molecule has 1 fully saturated rings. The molecule has 1 aromatic rings. The normalized spacial score (nSPS) is 18.4. The summed E-state index contributed by atoms with van der Waals surface area (Å²) in [6.45, 7) is 6.66. The monoisotopic (exact) mass is 309 g/mol. The fraction of sp³-hybridized carbons (Fsp3) is 0.562. The second-order valence-electron chi connectivity index (χ2n) is 5.87. The summed E-state index contributed by atoms with van der Waals surface area (Å²) in [5.74, 6) is 0.00367. The van der Waals surface area contributed by atoms with Gasteiger partial charge in [0.1, 0.15) is 0 Å². The van der Waals surface area contributed by atoms with E-state index in [1.807, 2.05) is 12.1 Å². The lowest BCUT2D eigenvalue weighted by Gasteiger charge is -2.28. The first-order valence-corrected chi connectivity index (χ1v) is 7.95. The summed E-state index contributed by atoms with van der Waals surface area (Å²) in [6.07, 6.45) is 2.42. The van der Waals surface area contributed by atoms with Crippen molar-refractivity contribution in [3.8, 4) is 0 Å². The minimum Gasteiger partial charge on any atom is -0.325 e. The Kier molecular flexibility index (Phi) is 6.03. The molecule has 1 aliphatic rings. The van der Waals surface area contributed by atoms with E-state index in [0.717, 1.165) is 18.8 Å². The molecule has 1 heterocycles. The molecule has 2 rings (SSSR count). The Morgan fingerprint density at radius 2 is 2.33 bits per heavy atom. The molecule has 1 saturated heterocycles. The molecular weight excluding hydrogens is 286 g/mol. The zero-order valence-electron chi connectivity index (χ0n) is 12.7. The molecule has 0 aliphatic carbocycles. The first-order chi connectivity index (χ1) is 10.0. The molecule has 0 saturated carbocycles. The van der Waals surface area contributed by atoms with Crippen LogP contribution in [0.3, 0.4) is 0 Å². The van der Waals surface area contributed by atoms with Crippen LogP contribution in [0, 0.1) is 0 Å². The van der Waals surface area contributed by atoms with Crippen molar-refractivity contribution in [2.24, 2.45) is 0 Å². The Balaban J connectivity index is 1.88. The van der Waals surface area contributed by atoms with E-state index in [1.54, 1.807) is 12.1 Å². The Bertz CT molecular complexity index is 472. The van der Waals surface area contributed by atoms with Gasteiger partial charge in [-0.15, -0.1) is 0 Å². The van der Waals surface area contributed by atoms with Gasteiger partial charge < -0.3 is 10.6 Å². The molecule has 1 atom stereocenters. The van der Waals surface area contributed by atoms with Crippen LogP contribution < -0.4 is 10.6 Å². The molecule has 1 aromatic carbocycles. The van der Waals surface area contributed by atoms with Crippen molar-refractivity contribution in [1.29, 1.82) is 0 Å². The fourth-order valence-electron chi connectivity index (χ4n) is 2.60. The van der Waals surface area contributed by atoms with Crippen LogP contribution in [0.2, 0.25) is 5.02 Å². The highest BCUT2D eigenvalue weighted by Crippen LogP contribution is 2.15. The Morgan fingerprint density at radius 3 is 2.95 bits per heavy atom. The van der Waals surface area contributed by atoms with Gasteiger partial charge in [0, 0.05) is 29.3 Å². The minimum atomic E-state index is 0.00367. The molecule has 1 aliphatic heterocycles. The molecule has 21 heavy (non-hydrogen) atoms. The molecule has 5 heteroatoms. The number of rotatable bonds is 6. The Morgan fingerprint density at radius 1 is 1.52 bits per heavy atom. The van der Waals surface area contributed by atoms with E-state index in [0.29, 0.717) is 23.7 Å². The van der Waals surface area contributed by atoms with Crippen LogP contribution in [0.15, 0.2) is 24.3 Å². The van der Waals surface area contributed by atoms with Crippen LogP contribution >= 0.6 is 11.6 Å². The summed E-state index contributed by atoms with van der Waals surface area (Å²) >= 11 is 5.93. The van der Waals surface area contributed by atoms with E-state index in [1.165, 1.54) is 12.8 Å². The van der Waals surface area contributed by atoms with E-state index in [4.69, 9.17) is 11.6 Å². The summed E-state index contributed by atoms with van der Waals surface area (Å²) in [5.41, 5.74) is 0.746. The predicted molar refractivity (Wildman–Crippen MR) is 87.8 cm³/mol. The number of hydrogen-bond acceptors (Lipinski definition) is 3. The summed E-state index contributed by atoms with van der Waals surface area (Å²) in [5, 5.41) is 7.02. The third-order valence-electron chi connectivity index (χ3n) is 3.80. The lowest BCUT2D eigenvalue weighted by Crippen LogP contribution is -2.44. The average molecular weight is 310 g/mol. The topological polar surface area (TPSA) is 44.4 Å². The van der Waals surface area contributed by atoms with Gasteiger partial charge in [0.2, 0.25) is 5.91 Å². The van der Waals surface area contributed by atoms with Gasteiger partial charge in [0.05, 0.1) is 6.54 Å². The maximum atomic E-state index is 12.2. The van der Waals surface area contributed by atoms with Crippen LogP contribution in [-0.4, -0.2) is 42.5 Å². The van der Waals surface area contributed by atoms with Gasteiger partial charge >= 0.3 is 0 Å². The third kappa shape index (κ3) is 5.30. The number of nitrogens with zero attached hydrogens (tertiary/aromatic N) is 1. The van der Waals surface area contributed by atoms with Crippen molar-refractivity contribution in [2.75, 3.05) is 25.0 Å².